The van der Waals surface area contributed by atoms with Crippen molar-refractivity contribution in [2.45, 2.75) is 0 Å². The van der Waals surface area contributed by atoms with E-state index >= 15 is 0 Å². The van der Waals surface area contributed by atoms with Crippen molar-refractivity contribution in [3.05, 3.63) is 27.3 Å². The van der Waals surface area contributed by atoms with Gasteiger partial charge in [0, 0.05) is 5.56 Å². The van der Waals surface area contributed by atoms with Gasteiger partial charge in [0.2, 0.25) is 30.8 Å². The molecule has 2 aromatic carbocycles. The van der Waals surface area contributed by atoms with Crippen LogP contribution in [0.1, 0.15) is 20.7 Å². The predicted octanol–water partition coefficient (Wildman–Crippen LogP) is 2.31. The normalized spacial score (nSPS) is 12.8. The van der Waals surface area contributed by atoms with Gasteiger partial charge in [0.05, 0.1) is 44.5 Å². The molecule has 0 bridgehead atoms. The molecule has 0 aromatic heterocycles. The number of ether oxygens (including phenoxy) is 8. The van der Waals surface area contributed by atoms with E-state index in [-0.39, 0.29) is 64.8 Å². The highest BCUT2D eigenvalue weighted by molar-refractivity contribution is 6.11. The first-order chi connectivity index (χ1) is 15.9. The van der Waals surface area contributed by atoms with Crippen LogP contribution in [0.25, 0.3) is 11.1 Å². The summed E-state index contributed by atoms with van der Waals surface area (Å²) in [5, 5.41) is 12.1. The minimum atomic E-state index is -1.09. The van der Waals surface area contributed by atoms with Crippen LogP contribution in [0.2, 0.25) is 0 Å². The Morgan fingerprint density at radius 3 is 1.97 bits per heavy atom. The van der Waals surface area contributed by atoms with Gasteiger partial charge in [-0.3, -0.25) is 10.1 Å². The summed E-state index contributed by atoms with van der Waals surface area (Å²) in [6.45, 7) is -0.571. The number of hydrogen-bond acceptors (Lipinski definition) is 12. The lowest BCUT2D eigenvalue weighted by Gasteiger charge is -2.19. The molecule has 2 aliphatic heterocycles. The van der Waals surface area contributed by atoms with Crippen LogP contribution in [0.15, 0.2) is 6.07 Å². The number of carbonyl (C=O) groups excluding carboxylic acids is 2. The number of carbonyl (C=O) groups is 2. The van der Waals surface area contributed by atoms with Crippen LogP contribution < -0.4 is 28.4 Å². The van der Waals surface area contributed by atoms with E-state index in [2.05, 4.69) is 0 Å². The maximum Gasteiger partial charge on any atom is 0.345 e. The Balaban J connectivity index is 2.24. The molecule has 13 heteroatoms. The third kappa shape index (κ3) is 3.16. The Kier molecular flexibility index (Phi) is 5.45. The molecule has 0 N–H and O–H groups in total. The monoisotopic (exact) mass is 463 g/mol. The Morgan fingerprint density at radius 1 is 0.848 bits per heavy atom. The number of benzene rings is 2. The smallest absolute Gasteiger partial charge is 0.345 e. The first-order valence-corrected chi connectivity index (χ1v) is 9.25. The zero-order chi connectivity index (χ0) is 23.9. The Bertz CT molecular complexity index is 1190. The lowest BCUT2D eigenvalue weighted by molar-refractivity contribution is -0.386. The van der Waals surface area contributed by atoms with Crippen molar-refractivity contribution >= 4 is 17.6 Å². The summed E-state index contributed by atoms with van der Waals surface area (Å²) < 4.78 is 42.2. The van der Waals surface area contributed by atoms with Crippen LogP contribution in [-0.2, 0) is 9.47 Å². The molecule has 174 valence electrons. The molecule has 2 aliphatic rings. The van der Waals surface area contributed by atoms with Crippen molar-refractivity contribution in [1.29, 1.82) is 0 Å². The third-order valence-electron chi connectivity index (χ3n) is 5.01. The fourth-order valence-corrected chi connectivity index (χ4v) is 3.70. The van der Waals surface area contributed by atoms with Crippen LogP contribution in [0.4, 0.5) is 5.69 Å². The molecule has 0 aliphatic carbocycles. The van der Waals surface area contributed by atoms with Crippen molar-refractivity contribution < 1.29 is 52.4 Å². The quantitative estimate of drug-likeness (QED) is 0.351. The van der Waals surface area contributed by atoms with E-state index in [1.807, 2.05) is 0 Å². The van der Waals surface area contributed by atoms with Crippen LogP contribution in [0.3, 0.4) is 0 Å². The van der Waals surface area contributed by atoms with Crippen LogP contribution in [-0.4, -0.2) is 58.9 Å². The summed E-state index contributed by atoms with van der Waals surface area (Å²) in [6, 6.07) is 1.30. The maximum absolute atomic E-state index is 12.9. The highest BCUT2D eigenvalue weighted by Gasteiger charge is 2.44. The number of nitro benzene ring substituents is 1. The molecule has 0 spiro atoms. The molecule has 0 fully saturated rings. The van der Waals surface area contributed by atoms with Gasteiger partial charge in [0.25, 0.3) is 0 Å². The van der Waals surface area contributed by atoms with Gasteiger partial charge < -0.3 is 37.9 Å². The van der Waals surface area contributed by atoms with Crippen molar-refractivity contribution in [3.8, 4) is 45.6 Å². The molecule has 33 heavy (non-hydrogen) atoms. The second-order valence-corrected chi connectivity index (χ2v) is 6.50. The zero-order valence-electron chi connectivity index (χ0n) is 17.8. The maximum atomic E-state index is 12.9. The number of methoxy groups -OCH3 is 4. The standard InChI is InChI=1S/C20H17NO12/c1-26-9-5-8(19(22)28-3)10(15-14(9)30-6-31-15)11-12(20(23)29-4)13(21(24)25)17(27-2)18-16(11)32-7-33-18/h5H,6-7H2,1-4H3. The second-order valence-electron chi connectivity index (χ2n) is 6.50. The summed E-state index contributed by atoms with van der Waals surface area (Å²) in [5.74, 6) is -2.27. The summed E-state index contributed by atoms with van der Waals surface area (Å²) in [6.07, 6.45) is 0. The summed E-state index contributed by atoms with van der Waals surface area (Å²) >= 11 is 0. The van der Waals surface area contributed by atoms with E-state index in [9.17, 15) is 19.7 Å². The highest BCUT2D eigenvalue weighted by Crippen LogP contribution is 2.59. The first-order valence-electron chi connectivity index (χ1n) is 9.25. The molecule has 0 atom stereocenters. The van der Waals surface area contributed by atoms with Gasteiger partial charge in [-0.25, -0.2) is 9.59 Å². The van der Waals surface area contributed by atoms with Crippen molar-refractivity contribution in [2.24, 2.45) is 0 Å². The second kappa shape index (κ2) is 8.26. The molecule has 0 radical (unpaired) electrons. The van der Waals surface area contributed by atoms with E-state index in [0.29, 0.717) is 0 Å². The molecule has 0 amide bonds. The van der Waals surface area contributed by atoms with E-state index < -0.39 is 28.1 Å². The Hall–Kier alpha value is -4.42. The third-order valence-corrected chi connectivity index (χ3v) is 5.01. The van der Waals surface area contributed by atoms with Crippen molar-refractivity contribution in [1.82, 2.24) is 0 Å². The van der Waals surface area contributed by atoms with Crippen molar-refractivity contribution in [3.63, 3.8) is 0 Å². The zero-order valence-corrected chi connectivity index (χ0v) is 17.8. The molecular formula is C20H17NO12. The lowest BCUT2D eigenvalue weighted by atomic mass is 9.90. The molecule has 0 saturated carbocycles. The molecule has 4 rings (SSSR count). The van der Waals surface area contributed by atoms with Gasteiger partial charge in [-0.15, -0.1) is 0 Å². The van der Waals surface area contributed by atoms with Gasteiger partial charge >= 0.3 is 17.6 Å². The summed E-state index contributed by atoms with van der Waals surface area (Å²) in [7, 11) is 4.72. The topological polar surface area (TPSA) is 151 Å². The summed E-state index contributed by atoms with van der Waals surface area (Å²) in [5.41, 5.74) is -1.69. The van der Waals surface area contributed by atoms with Gasteiger partial charge in [-0.05, 0) is 6.07 Å². The Morgan fingerprint density at radius 2 is 1.42 bits per heavy atom. The molecule has 2 aromatic rings. The molecule has 13 nitrogen and oxygen atoms in total. The minimum absolute atomic E-state index is 0.0166. The van der Waals surface area contributed by atoms with Gasteiger partial charge in [0.1, 0.15) is 0 Å². The number of nitrogens with zero attached hydrogens (tertiary/aromatic N) is 1. The fourth-order valence-electron chi connectivity index (χ4n) is 3.70. The number of rotatable bonds is 6. The molecule has 0 unspecified atom stereocenters. The molecule has 2 heterocycles. The van der Waals surface area contributed by atoms with Gasteiger partial charge in [-0.1, -0.05) is 0 Å². The van der Waals surface area contributed by atoms with Crippen LogP contribution in [0, 0.1) is 10.1 Å². The lowest BCUT2D eigenvalue weighted by Crippen LogP contribution is -2.12. The van der Waals surface area contributed by atoms with E-state index in [1.165, 1.54) is 20.3 Å². The number of esters is 2. The van der Waals surface area contributed by atoms with Crippen LogP contribution in [0.5, 0.6) is 34.5 Å². The van der Waals surface area contributed by atoms with E-state index in [0.717, 1.165) is 14.2 Å². The number of fused-ring (bicyclic) bond motifs is 2. The number of nitro groups is 1. The van der Waals surface area contributed by atoms with E-state index in [1.54, 1.807) is 0 Å². The number of hydrogen-bond donors (Lipinski definition) is 0. The minimum Gasteiger partial charge on any atom is -0.493 e. The van der Waals surface area contributed by atoms with Gasteiger partial charge in [0.15, 0.2) is 22.8 Å². The van der Waals surface area contributed by atoms with Crippen molar-refractivity contribution in [2.75, 3.05) is 42.0 Å². The highest BCUT2D eigenvalue weighted by atomic mass is 16.7. The molecular weight excluding hydrogens is 446 g/mol. The largest absolute Gasteiger partial charge is 0.493 e. The van der Waals surface area contributed by atoms with Crippen LogP contribution >= 0.6 is 0 Å². The average molecular weight is 463 g/mol. The SMILES string of the molecule is COC(=O)c1cc(OC)c2c(c1-c1c3c(c(OC)c([N+](=O)[O-])c1C(=O)OC)OCO3)OCO2. The first kappa shape index (κ1) is 21.8. The predicted molar refractivity (Wildman–Crippen MR) is 107 cm³/mol. The summed E-state index contributed by atoms with van der Waals surface area (Å²) in [4.78, 5) is 36.9. The van der Waals surface area contributed by atoms with E-state index in [4.69, 9.17) is 37.9 Å². The average Bonchev–Trinajstić information content (AvgIpc) is 3.50. The fraction of sp³-hybridized carbons (Fsp3) is 0.300. The Labute approximate surface area is 185 Å². The molecule has 0 saturated heterocycles. The van der Waals surface area contributed by atoms with Gasteiger partial charge in [-0.2, -0.15) is 0 Å².